The molecule has 1 aliphatic carbocycles. The van der Waals surface area contributed by atoms with E-state index in [2.05, 4.69) is 20.9 Å². The summed E-state index contributed by atoms with van der Waals surface area (Å²) < 4.78 is 2.09. The van der Waals surface area contributed by atoms with Crippen molar-refractivity contribution in [3.8, 4) is 5.69 Å². The fourth-order valence-electron chi connectivity index (χ4n) is 3.65. The summed E-state index contributed by atoms with van der Waals surface area (Å²) in [5, 5.41) is 14.3. The molecule has 1 amide bonds. The largest absolute Gasteiger partial charge is 0.393 e. The highest BCUT2D eigenvalue weighted by atomic mass is 32.2. The number of amides is 1. The van der Waals surface area contributed by atoms with Gasteiger partial charge in [-0.15, -0.1) is 0 Å². The monoisotopic (exact) mass is 408 g/mol. The second-order valence-corrected chi connectivity index (χ2v) is 8.34. The predicted octanol–water partition coefficient (Wildman–Crippen LogP) is 3.84. The maximum Gasteiger partial charge on any atom is 0.250 e. The Hall–Kier alpha value is -2.77. The first-order valence-corrected chi connectivity index (χ1v) is 10.6. The Morgan fingerprint density at radius 1 is 1.14 bits per heavy atom. The smallest absolute Gasteiger partial charge is 0.250 e. The molecule has 1 fully saturated rings. The number of aliphatic hydroxyl groups excluding tert-OH is 1. The minimum atomic E-state index is -0.450. The molecule has 0 unspecified atom stereocenters. The third-order valence-corrected chi connectivity index (χ3v) is 6.24. The van der Waals surface area contributed by atoms with Gasteiger partial charge >= 0.3 is 0 Å². The van der Waals surface area contributed by atoms with E-state index in [4.69, 9.17) is 5.73 Å². The van der Waals surface area contributed by atoms with E-state index in [0.29, 0.717) is 5.56 Å². The average molecular weight is 409 g/mol. The van der Waals surface area contributed by atoms with Gasteiger partial charge < -0.3 is 20.7 Å². The zero-order valence-electron chi connectivity index (χ0n) is 16.0. The number of hydrogen-bond acceptors (Lipinski definition) is 5. The first-order valence-electron chi connectivity index (χ1n) is 9.74. The lowest BCUT2D eigenvalue weighted by Crippen LogP contribution is -2.29. The van der Waals surface area contributed by atoms with Crippen molar-refractivity contribution in [3.05, 3.63) is 66.6 Å². The Kier molecular flexibility index (Phi) is 5.87. The van der Waals surface area contributed by atoms with Crippen LogP contribution in [0.4, 0.5) is 5.69 Å². The number of benzene rings is 1. The second-order valence-electron chi connectivity index (χ2n) is 7.25. The molecule has 4 N–H and O–H groups in total. The molecule has 0 radical (unpaired) electrons. The van der Waals surface area contributed by atoms with Gasteiger partial charge in [0.15, 0.2) is 0 Å². The minimum Gasteiger partial charge on any atom is -0.393 e. The highest BCUT2D eigenvalue weighted by Crippen LogP contribution is 2.32. The molecule has 0 aliphatic heterocycles. The first-order chi connectivity index (χ1) is 14.1. The molecule has 1 aromatic carbocycles. The summed E-state index contributed by atoms with van der Waals surface area (Å²) in [5.41, 5.74) is 7.78. The van der Waals surface area contributed by atoms with Gasteiger partial charge in [0.1, 0.15) is 0 Å². The maximum absolute atomic E-state index is 11.9. The molecule has 0 saturated heterocycles. The summed E-state index contributed by atoms with van der Waals surface area (Å²) >= 11 is 1.65. The number of nitrogens with zero attached hydrogens (tertiary/aromatic N) is 2. The molecule has 29 heavy (non-hydrogen) atoms. The van der Waals surface area contributed by atoms with Crippen molar-refractivity contribution < 1.29 is 9.90 Å². The molecule has 0 bridgehead atoms. The van der Waals surface area contributed by atoms with Gasteiger partial charge in [-0.3, -0.25) is 9.78 Å². The van der Waals surface area contributed by atoms with E-state index in [1.54, 1.807) is 30.2 Å². The van der Waals surface area contributed by atoms with Gasteiger partial charge in [0, 0.05) is 40.9 Å². The number of nitrogens with two attached hydrogens (primary N) is 1. The quantitative estimate of drug-likeness (QED) is 0.576. The van der Waals surface area contributed by atoms with Crippen LogP contribution in [0, 0.1) is 0 Å². The topological polar surface area (TPSA) is 93.2 Å². The van der Waals surface area contributed by atoms with Crippen LogP contribution in [-0.4, -0.2) is 32.7 Å². The van der Waals surface area contributed by atoms with Gasteiger partial charge in [0.25, 0.3) is 5.91 Å². The number of carbonyl (C=O) groups is 1. The Bertz CT molecular complexity index is 981. The average Bonchev–Trinajstić information content (AvgIpc) is 3.18. The normalized spacial score (nSPS) is 19.1. The Balaban J connectivity index is 1.62. The van der Waals surface area contributed by atoms with Gasteiger partial charge in [0.2, 0.25) is 0 Å². The van der Waals surface area contributed by atoms with E-state index < -0.39 is 5.91 Å². The Labute approximate surface area is 174 Å². The van der Waals surface area contributed by atoms with Gasteiger partial charge in [-0.2, -0.15) is 0 Å². The lowest BCUT2D eigenvalue weighted by atomic mass is 9.92. The number of aromatic nitrogens is 2. The summed E-state index contributed by atoms with van der Waals surface area (Å²) in [4.78, 5) is 17.1. The van der Waals surface area contributed by atoms with Crippen molar-refractivity contribution in [3.63, 3.8) is 0 Å². The van der Waals surface area contributed by atoms with Crippen LogP contribution in [0.2, 0.25) is 0 Å². The van der Waals surface area contributed by atoms with E-state index in [0.717, 1.165) is 47.0 Å². The van der Waals surface area contributed by atoms with Crippen LogP contribution in [0.1, 0.15) is 36.0 Å². The highest BCUT2D eigenvalue weighted by Gasteiger charge is 2.21. The zero-order chi connectivity index (χ0) is 20.2. The van der Waals surface area contributed by atoms with Crippen molar-refractivity contribution in [2.45, 2.75) is 47.8 Å². The van der Waals surface area contributed by atoms with Crippen molar-refractivity contribution in [2.24, 2.45) is 5.73 Å². The number of primary amides is 1. The van der Waals surface area contributed by atoms with Crippen LogP contribution in [0.3, 0.4) is 0 Å². The summed E-state index contributed by atoms with van der Waals surface area (Å²) in [7, 11) is 0. The zero-order valence-corrected chi connectivity index (χ0v) is 16.8. The minimum absolute atomic E-state index is 0.220. The van der Waals surface area contributed by atoms with Crippen LogP contribution in [0.5, 0.6) is 0 Å². The number of pyridine rings is 1. The number of carbonyl (C=O) groups excluding carboxylic acids is 1. The van der Waals surface area contributed by atoms with E-state index in [9.17, 15) is 9.90 Å². The van der Waals surface area contributed by atoms with Crippen LogP contribution in [0.25, 0.3) is 5.69 Å². The van der Waals surface area contributed by atoms with E-state index >= 15 is 0 Å². The van der Waals surface area contributed by atoms with Gasteiger partial charge in [-0.05, 0) is 68.1 Å². The standard InChI is InChI=1S/C22H24N4O2S/c23-22(28)19-8-5-16(14-20(19)25-15-3-6-17(27)7-4-15)26-13-1-2-21(26)29-18-9-11-24-12-10-18/h1-2,5,8-15,17,25,27H,3-4,6-7H2,(H2,23,28)/t15-,17-. The molecular weight excluding hydrogens is 384 g/mol. The molecule has 6 nitrogen and oxygen atoms in total. The molecule has 0 spiro atoms. The number of hydrogen-bond donors (Lipinski definition) is 3. The van der Waals surface area contributed by atoms with Crippen molar-refractivity contribution in [2.75, 3.05) is 5.32 Å². The van der Waals surface area contributed by atoms with E-state index in [1.165, 1.54) is 0 Å². The summed E-state index contributed by atoms with van der Waals surface area (Å²) in [6, 6.07) is 13.9. The molecule has 1 saturated carbocycles. The fraction of sp³-hybridized carbons (Fsp3) is 0.273. The number of anilines is 1. The number of rotatable bonds is 6. The molecule has 1 aliphatic rings. The Morgan fingerprint density at radius 3 is 2.62 bits per heavy atom. The Morgan fingerprint density at radius 2 is 1.90 bits per heavy atom. The van der Waals surface area contributed by atoms with Crippen LogP contribution in [-0.2, 0) is 0 Å². The third-order valence-electron chi connectivity index (χ3n) is 5.19. The van der Waals surface area contributed by atoms with Gasteiger partial charge in [-0.1, -0.05) is 11.8 Å². The predicted molar refractivity (Wildman–Crippen MR) is 115 cm³/mol. The van der Waals surface area contributed by atoms with Crippen molar-refractivity contribution in [1.82, 2.24) is 9.55 Å². The van der Waals surface area contributed by atoms with Crippen LogP contribution in [0.15, 0.2) is 71.0 Å². The molecular formula is C22H24N4O2S. The SMILES string of the molecule is NC(=O)c1ccc(-n2cccc2Sc2ccncc2)cc1N[C@H]1CC[C@H](O)CC1. The van der Waals surface area contributed by atoms with Gasteiger partial charge in [-0.25, -0.2) is 0 Å². The number of nitrogens with one attached hydrogen (secondary N) is 1. The lowest BCUT2D eigenvalue weighted by Gasteiger charge is -2.28. The van der Waals surface area contributed by atoms with Gasteiger partial charge in [0.05, 0.1) is 16.7 Å². The summed E-state index contributed by atoms with van der Waals surface area (Å²) in [5.74, 6) is -0.450. The second kappa shape index (κ2) is 8.71. The molecule has 150 valence electrons. The molecule has 2 heterocycles. The molecule has 0 atom stereocenters. The maximum atomic E-state index is 11.9. The van der Waals surface area contributed by atoms with E-state index in [-0.39, 0.29) is 12.1 Å². The third kappa shape index (κ3) is 4.63. The first kappa shape index (κ1) is 19.5. The lowest BCUT2D eigenvalue weighted by molar-refractivity contribution is 0.100. The number of aliphatic hydroxyl groups is 1. The van der Waals surface area contributed by atoms with Crippen LogP contribution >= 0.6 is 11.8 Å². The van der Waals surface area contributed by atoms with Crippen molar-refractivity contribution in [1.29, 1.82) is 0 Å². The molecule has 2 aromatic heterocycles. The summed E-state index contributed by atoms with van der Waals surface area (Å²) in [6.07, 6.45) is 8.63. The molecule has 3 aromatic rings. The fourth-order valence-corrected chi connectivity index (χ4v) is 4.56. The molecule has 4 rings (SSSR count). The molecule has 7 heteroatoms. The highest BCUT2D eigenvalue weighted by molar-refractivity contribution is 7.99. The van der Waals surface area contributed by atoms with Crippen LogP contribution < -0.4 is 11.1 Å². The van der Waals surface area contributed by atoms with Crippen molar-refractivity contribution >= 4 is 23.4 Å². The summed E-state index contributed by atoms with van der Waals surface area (Å²) in [6.45, 7) is 0. The van der Waals surface area contributed by atoms with E-state index in [1.807, 2.05) is 36.5 Å².